The van der Waals surface area contributed by atoms with Crippen LogP contribution in [0.1, 0.15) is 15.9 Å². The Morgan fingerprint density at radius 3 is 3.08 bits per heavy atom. The Kier molecular flexibility index (Phi) is 1.81. The first-order chi connectivity index (χ1) is 5.70. The fourth-order valence-corrected chi connectivity index (χ4v) is 1.89. The van der Waals surface area contributed by atoms with E-state index in [1.54, 1.807) is 0 Å². The van der Waals surface area contributed by atoms with Gasteiger partial charge in [-0.2, -0.15) is 0 Å². The molecule has 1 amide bonds. The van der Waals surface area contributed by atoms with E-state index in [1.165, 1.54) is 6.20 Å². The van der Waals surface area contributed by atoms with Crippen LogP contribution in [0.15, 0.2) is 10.8 Å². The number of halogens is 2. The van der Waals surface area contributed by atoms with Gasteiger partial charge in [-0.05, 0) is 15.9 Å². The van der Waals surface area contributed by atoms with Gasteiger partial charge in [-0.3, -0.25) is 4.79 Å². The van der Waals surface area contributed by atoms with Crippen LogP contribution in [0.25, 0.3) is 0 Å². The topological polar surface area (TPSA) is 42.0 Å². The lowest BCUT2D eigenvalue weighted by molar-refractivity contribution is 0.0965. The smallest absolute Gasteiger partial charge is 0.254 e. The Bertz CT molecular complexity index is 367. The fourth-order valence-electron chi connectivity index (χ4n) is 1.16. The van der Waals surface area contributed by atoms with E-state index in [-0.39, 0.29) is 5.91 Å². The zero-order valence-corrected chi connectivity index (χ0v) is 8.24. The second-order valence-corrected chi connectivity index (χ2v) is 3.59. The molecule has 2 rings (SSSR count). The molecule has 62 valence electrons. The van der Waals surface area contributed by atoms with E-state index in [9.17, 15) is 4.79 Å². The summed E-state index contributed by atoms with van der Waals surface area (Å²) < 4.78 is 0.553. The average molecular weight is 247 g/mol. The Hall–Kier alpha value is -0.610. The lowest BCUT2D eigenvalue weighted by Crippen LogP contribution is -2.12. The van der Waals surface area contributed by atoms with Gasteiger partial charge in [0.2, 0.25) is 0 Å². The third kappa shape index (κ3) is 1.03. The summed E-state index contributed by atoms with van der Waals surface area (Å²) in [5, 5.41) is 3.21. The highest BCUT2D eigenvalue weighted by molar-refractivity contribution is 9.10. The van der Waals surface area contributed by atoms with Crippen molar-refractivity contribution < 1.29 is 4.79 Å². The van der Waals surface area contributed by atoms with E-state index in [4.69, 9.17) is 11.6 Å². The summed E-state index contributed by atoms with van der Waals surface area (Å²) in [6.07, 6.45) is 1.53. The number of aromatic nitrogens is 1. The minimum absolute atomic E-state index is 0.119. The highest BCUT2D eigenvalue weighted by atomic mass is 79.9. The Balaban J connectivity index is 2.72. The summed E-state index contributed by atoms with van der Waals surface area (Å²) in [6, 6.07) is 0. The third-order valence-electron chi connectivity index (χ3n) is 1.74. The van der Waals surface area contributed by atoms with Crippen LogP contribution < -0.4 is 5.32 Å². The van der Waals surface area contributed by atoms with E-state index in [0.29, 0.717) is 21.7 Å². The van der Waals surface area contributed by atoms with Crippen molar-refractivity contribution in [1.82, 2.24) is 10.3 Å². The lowest BCUT2D eigenvalue weighted by atomic mass is 10.2. The van der Waals surface area contributed by atoms with Crippen molar-refractivity contribution in [2.45, 2.75) is 6.54 Å². The van der Waals surface area contributed by atoms with Crippen molar-refractivity contribution in [2.75, 3.05) is 0 Å². The monoisotopic (exact) mass is 246 g/mol. The molecule has 0 unspecified atom stereocenters. The molecule has 1 N–H and O–H groups in total. The zero-order chi connectivity index (χ0) is 8.72. The van der Waals surface area contributed by atoms with Gasteiger partial charge >= 0.3 is 0 Å². The number of rotatable bonds is 0. The molecule has 0 aromatic carbocycles. The number of fused-ring (bicyclic) bond motifs is 1. The van der Waals surface area contributed by atoms with E-state index < -0.39 is 0 Å². The summed E-state index contributed by atoms with van der Waals surface area (Å²) >= 11 is 9.02. The SMILES string of the molecule is O=C1NCc2c(Cl)cnc(Br)c21. The van der Waals surface area contributed by atoms with Crippen LogP contribution in [-0.4, -0.2) is 10.9 Å². The van der Waals surface area contributed by atoms with Gasteiger partial charge in [0.05, 0.1) is 10.6 Å². The maximum atomic E-state index is 11.2. The molecular weight excluding hydrogens is 243 g/mol. The number of pyridine rings is 1. The fraction of sp³-hybridized carbons (Fsp3) is 0.143. The van der Waals surface area contributed by atoms with Crippen LogP contribution in [0.3, 0.4) is 0 Å². The van der Waals surface area contributed by atoms with E-state index >= 15 is 0 Å². The van der Waals surface area contributed by atoms with Crippen LogP contribution in [0.2, 0.25) is 5.02 Å². The third-order valence-corrected chi connectivity index (χ3v) is 2.67. The first-order valence-corrected chi connectivity index (χ1v) is 4.48. The molecular formula is C7H4BrClN2O. The van der Waals surface area contributed by atoms with Crippen molar-refractivity contribution in [3.8, 4) is 0 Å². The van der Waals surface area contributed by atoms with Crippen LogP contribution >= 0.6 is 27.5 Å². The number of nitrogens with zero attached hydrogens (tertiary/aromatic N) is 1. The molecule has 12 heavy (non-hydrogen) atoms. The van der Waals surface area contributed by atoms with Crippen LogP contribution in [-0.2, 0) is 6.54 Å². The standard InChI is InChI=1S/C7H4BrClN2O/c8-6-5-3(1-11-7(5)12)4(9)2-10-6/h2H,1H2,(H,11,12). The van der Waals surface area contributed by atoms with Gasteiger partial charge in [-0.1, -0.05) is 11.6 Å². The number of hydrogen-bond acceptors (Lipinski definition) is 2. The van der Waals surface area contributed by atoms with Crippen molar-refractivity contribution in [1.29, 1.82) is 0 Å². The molecule has 0 atom stereocenters. The normalized spacial score (nSPS) is 14.3. The summed E-state index contributed by atoms with van der Waals surface area (Å²) in [6.45, 7) is 0.494. The van der Waals surface area contributed by atoms with Crippen molar-refractivity contribution in [2.24, 2.45) is 0 Å². The Morgan fingerprint density at radius 1 is 1.67 bits per heavy atom. The van der Waals surface area contributed by atoms with E-state index in [1.807, 2.05) is 0 Å². The molecule has 0 aliphatic carbocycles. The second-order valence-electron chi connectivity index (χ2n) is 2.43. The Labute approximate surface area is 82.3 Å². The minimum atomic E-state index is -0.119. The second kappa shape index (κ2) is 2.71. The molecule has 2 heterocycles. The predicted octanol–water partition coefficient (Wildman–Crippen LogP) is 1.74. The first-order valence-electron chi connectivity index (χ1n) is 3.31. The molecule has 1 aromatic heterocycles. The van der Waals surface area contributed by atoms with Crippen molar-refractivity contribution in [3.05, 3.63) is 26.9 Å². The molecule has 1 aliphatic rings. The first kappa shape index (κ1) is 8.01. The zero-order valence-electron chi connectivity index (χ0n) is 5.90. The van der Waals surface area contributed by atoms with Crippen molar-refractivity contribution in [3.63, 3.8) is 0 Å². The highest BCUT2D eigenvalue weighted by Gasteiger charge is 2.24. The molecule has 1 aliphatic heterocycles. The Morgan fingerprint density at radius 2 is 2.42 bits per heavy atom. The van der Waals surface area contributed by atoms with Gasteiger partial charge in [0.15, 0.2) is 0 Å². The minimum Gasteiger partial charge on any atom is -0.348 e. The largest absolute Gasteiger partial charge is 0.348 e. The van der Waals surface area contributed by atoms with E-state index in [0.717, 1.165) is 5.56 Å². The van der Waals surface area contributed by atoms with Gasteiger partial charge in [0, 0.05) is 18.3 Å². The molecule has 5 heteroatoms. The van der Waals surface area contributed by atoms with Crippen molar-refractivity contribution >= 4 is 33.4 Å². The average Bonchev–Trinajstić information content (AvgIpc) is 2.42. The van der Waals surface area contributed by atoms with Gasteiger partial charge in [-0.25, -0.2) is 4.98 Å². The van der Waals surface area contributed by atoms with E-state index in [2.05, 4.69) is 26.2 Å². The van der Waals surface area contributed by atoms with Crippen LogP contribution in [0, 0.1) is 0 Å². The number of carbonyl (C=O) groups is 1. The van der Waals surface area contributed by atoms with Gasteiger partial charge < -0.3 is 5.32 Å². The lowest BCUT2D eigenvalue weighted by Gasteiger charge is -1.99. The van der Waals surface area contributed by atoms with Gasteiger partial charge in [-0.15, -0.1) is 0 Å². The maximum Gasteiger partial charge on any atom is 0.254 e. The quantitative estimate of drug-likeness (QED) is 0.710. The summed E-state index contributed by atoms with van der Waals surface area (Å²) in [5.41, 5.74) is 1.38. The summed E-state index contributed by atoms with van der Waals surface area (Å²) in [7, 11) is 0. The highest BCUT2D eigenvalue weighted by Crippen LogP contribution is 2.28. The van der Waals surface area contributed by atoms with Crippen LogP contribution in [0.5, 0.6) is 0 Å². The molecule has 0 fully saturated rings. The molecule has 3 nitrogen and oxygen atoms in total. The number of amides is 1. The molecule has 0 spiro atoms. The predicted molar refractivity (Wildman–Crippen MR) is 48.1 cm³/mol. The summed E-state index contributed by atoms with van der Waals surface area (Å²) in [4.78, 5) is 15.1. The van der Waals surface area contributed by atoms with Gasteiger partial charge in [0.25, 0.3) is 5.91 Å². The van der Waals surface area contributed by atoms with Gasteiger partial charge in [0.1, 0.15) is 4.60 Å². The summed E-state index contributed by atoms with van der Waals surface area (Å²) in [5.74, 6) is -0.119. The number of hydrogen-bond donors (Lipinski definition) is 1. The molecule has 0 radical (unpaired) electrons. The number of carbonyl (C=O) groups excluding carboxylic acids is 1. The molecule has 0 bridgehead atoms. The molecule has 1 aromatic rings. The molecule has 0 saturated heterocycles. The van der Waals surface area contributed by atoms with Crippen LogP contribution in [0.4, 0.5) is 0 Å². The maximum absolute atomic E-state index is 11.2. The number of nitrogens with one attached hydrogen (secondary N) is 1. The molecule has 0 saturated carbocycles.